The van der Waals surface area contributed by atoms with Crippen LogP contribution in [0.4, 0.5) is 10.2 Å². The van der Waals surface area contributed by atoms with Crippen molar-refractivity contribution >= 4 is 34.7 Å². The Morgan fingerprint density at radius 2 is 2.00 bits per heavy atom. The van der Waals surface area contributed by atoms with Gasteiger partial charge in [0.2, 0.25) is 0 Å². The van der Waals surface area contributed by atoms with Crippen LogP contribution >= 0.6 is 11.6 Å². The van der Waals surface area contributed by atoms with Crippen LogP contribution in [0.15, 0.2) is 53.8 Å². The topological polar surface area (TPSA) is 48.0 Å². The maximum atomic E-state index is 13.0. The quantitative estimate of drug-likeness (QED) is 0.450. The van der Waals surface area contributed by atoms with Crippen LogP contribution in [0.25, 0.3) is 11.0 Å². The second-order valence-electron chi connectivity index (χ2n) is 6.53. The van der Waals surface area contributed by atoms with Gasteiger partial charge in [0.25, 0.3) is 0 Å². The van der Waals surface area contributed by atoms with Crippen molar-refractivity contribution < 1.29 is 4.39 Å². The fourth-order valence-corrected chi connectivity index (χ4v) is 3.52. The van der Waals surface area contributed by atoms with Gasteiger partial charge in [-0.25, -0.2) is 14.4 Å². The normalized spacial score (nSPS) is 11.7. The van der Waals surface area contributed by atoms with E-state index >= 15 is 0 Å². The lowest BCUT2D eigenvalue weighted by Gasteiger charge is -2.04. The van der Waals surface area contributed by atoms with E-state index in [2.05, 4.69) is 27.3 Å². The van der Waals surface area contributed by atoms with Gasteiger partial charge in [0, 0.05) is 44.0 Å². The highest BCUT2D eigenvalue weighted by Crippen LogP contribution is 2.31. The van der Waals surface area contributed by atoms with E-state index in [4.69, 9.17) is 11.6 Å². The summed E-state index contributed by atoms with van der Waals surface area (Å²) in [6, 6.07) is 10.1. The lowest BCUT2D eigenvalue weighted by molar-refractivity contribution is 0.628. The molecule has 7 heteroatoms. The monoisotopic (exact) mass is 395 g/mol. The van der Waals surface area contributed by atoms with E-state index in [1.54, 1.807) is 24.5 Å². The predicted molar refractivity (Wildman–Crippen MR) is 110 cm³/mol. The summed E-state index contributed by atoms with van der Waals surface area (Å²) >= 11 is 6.63. The number of aliphatic imine (C=N–C) groups is 1. The fraction of sp³-hybridized carbons (Fsp3) is 0.190. The average molecular weight is 396 g/mol. The number of hydrogen-bond donors (Lipinski definition) is 0. The lowest BCUT2D eigenvalue weighted by Crippen LogP contribution is -2.03. The summed E-state index contributed by atoms with van der Waals surface area (Å²) in [4.78, 5) is 8.85. The first-order valence-electron chi connectivity index (χ1n) is 9.00. The zero-order valence-corrected chi connectivity index (χ0v) is 16.4. The van der Waals surface area contributed by atoms with Gasteiger partial charge in [-0.15, -0.1) is 0 Å². The Morgan fingerprint density at radius 1 is 1.21 bits per heavy atom. The molecule has 1 aromatic carbocycles. The molecular formula is C21H19ClFN5. The minimum Gasteiger partial charge on any atom is -0.335 e. The van der Waals surface area contributed by atoms with Gasteiger partial charge in [-0.3, -0.25) is 4.68 Å². The first-order valence-corrected chi connectivity index (χ1v) is 9.38. The number of nitrogens with zero attached hydrogens (tertiary/aromatic N) is 5. The molecule has 5 nitrogen and oxygen atoms in total. The Balaban J connectivity index is 1.68. The molecule has 0 spiro atoms. The molecule has 0 unspecified atom stereocenters. The molecule has 0 aliphatic rings. The maximum Gasteiger partial charge on any atom is 0.192 e. The maximum absolute atomic E-state index is 13.0. The molecule has 4 aromatic rings. The van der Waals surface area contributed by atoms with Gasteiger partial charge in [-0.2, -0.15) is 5.10 Å². The van der Waals surface area contributed by atoms with Crippen LogP contribution in [-0.2, 0) is 20.0 Å². The summed E-state index contributed by atoms with van der Waals surface area (Å²) in [5, 5.41) is 6.16. The third-order valence-corrected chi connectivity index (χ3v) is 5.04. The minimum atomic E-state index is -0.280. The summed E-state index contributed by atoms with van der Waals surface area (Å²) in [5.41, 5.74) is 3.76. The molecule has 0 saturated carbocycles. The van der Waals surface area contributed by atoms with E-state index in [-0.39, 0.29) is 5.82 Å². The minimum absolute atomic E-state index is 0.280. The molecule has 0 fully saturated rings. The fourth-order valence-electron chi connectivity index (χ4n) is 3.27. The molecule has 4 rings (SSSR count). The highest BCUT2D eigenvalue weighted by molar-refractivity contribution is 6.33. The molecule has 0 N–H and O–H groups in total. The summed E-state index contributed by atoms with van der Waals surface area (Å²) in [6.45, 7) is 2.70. The van der Waals surface area contributed by atoms with Crippen LogP contribution in [0.5, 0.6) is 0 Å². The van der Waals surface area contributed by atoms with E-state index in [1.165, 1.54) is 12.1 Å². The van der Waals surface area contributed by atoms with Crippen LogP contribution in [-0.4, -0.2) is 25.5 Å². The van der Waals surface area contributed by atoms with E-state index in [1.807, 2.05) is 29.3 Å². The summed E-state index contributed by atoms with van der Waals surface area (Å²) < 4.78 is 16.9. The van der Waals surface area contributed by atoms with Crippen molar-refractivity contribution in [2.45, 2.75) is 19.9 Å². The van der Waals surface area contributed by atoms with Crippen molar-refractivity contribution in [1.29, 1.82) is 0 Å². The van der Waals surface area contributed by atoms with Gasteiger partial charge in [0.05, 0.1) is 5.69 Å². The van der Waals surface area contributed by atoms with Gasteiger partial charge in [-0.1, -0.05) is 23.7 Å². The molecule has 0 amide bonds. The number of pyridine rings is 1. The number of aryl methyl sites for hydroxylation is 2. The number of rotatable bonds is 5. The molecule has 0 atom stereocenters. The zero-order valence-electron chi connectivity index (χ0n) is 15.6. The summed E-state index contributed by atoms with van der Waals surface area (Å²) in [6.07, 6.45) is 6.13. The van der Waals surface area contributed by atoms with Crippen molar-refractivity contribution in [3.05, 3.63) is 76.5 Å². The zero-order chi connectivity index (χ0) is 19.7. The second-order valence-corrected chi connectivity index (χ2v) is 6.90. The highest BCUT2D eigenvalue weighted by atomic mass is 35.5. The van der Waals surface area contributed by atoms with Crippen molar-refractivity contribution in [2.75, 3.05) is 0 Å². The van der Waals surface area contributed by atoms with Gasteiger partial charge >= 0.3 is 0 Å². The lowest BCUT2D eigenvalue weighted by atomic mass is 10.1. The number of aromatic nitrogens is 4. The van der Waals surface area contributed by atoms with E-state index < -0.39 is 0 Å². The molecule has 0 bridgehead atoms. The van der Waals surface area contributed by atoms with Crippen molar-refractivity contribution in [3.63, 3.8) is 0 Å². The largest absolute Gasteiger partial charge is 0.335 e. The van der Waals surface area contributed by atoms with Crippen LogP contribution < -0.4 is 0 Å². The number of hydrogen-bond acceptors (Lipinski definition) is 3. The van der Waals surface area contributed by atoms with Crippen LogP contribution in [0.3, 0.4) is 0 Å². The molecule has 3 heterocycles. The summed E-state index contributed by atoms with van der Waals surface area (Å²) in [5.74, 6) is 0.179. The van der Waals surface area contributed by atoms with Crippen LogP contribution in [0, 0.1) is 5.82 Å². The molecule has 0 radical (unpaired) electrons. The predicted octanol–water partition coefficient (Wildman–Crippen LogP) is 4.92. The number of halogens is 2. The Hall–Kier alpha value is -2.99. The Morgan fingerprint density at radius 3 is 2.75 bits per heavy atom. The van der Waals surface area contributed by atoms with E-state index in [0.717, 1.165) is 27.9 Å². The van der Waals surface area contributed by atoms with Crippen molar-refractivity contribution in [1.82, 2.24) is 19.3 Å². The Kier molecular flexibility index (Phi) is 4.96. The van der Waals surface area contributed by atoms with Crippen LogP contribution in [0.1, 0.15) is 23.7 Å². The van der Waals surface area contributed by atoms with Gasteiger partial charge in [0.15, 0.2) is 5.82 Å². The van der Waals surface area contributed by atoms with E-state index in [9.17, 15) is 4.39 Å². The van der Waals surface area contributed by atoms with Gasteiger partial charge in [-0.05, 0) is 42.3 Å². The number of benzene rings is 1. The SMILES string of the molecule is CCn1nc(N=Cc2ccc(F)cc2)c(Cl)c1Cc1cn(C)c2ncccc12. The van der Waals surface area contributed by atoms with Crippen LogP contribution in [0.2, 0.25) is 5.02 Å². The van der Waals surface area contributed by atoms with Gasteiger partial charge in [0.1, 0.15) is 16.5 Å². The molecule has 28 heavy (non-hydrogen) atoms. The molecule has 142 valence electrons. The standard InChI is InChI=1S/C21H19ClFN5/c1-3-28-18(11-15-13-27(2)21-17(15)5-4-10-24-21)19(22)20(26-28)25-12-14-6-8-16(23)9-7-14/h4-10,12-13H,3,11H2,1-2H3. The summed E-state index contributed by atoms with van der Waals surface area (Å²) in [7, 11) is 1.98. The Labute approximate surface area is 167 Å². The molecule has 0 aliphatic carbocycles. The first kappa shape index (κ1) is 18.4. The molecule has 3 aromatic heterocycles. The molecular weight excluding hydrogens is 377 g/mol. The second kappa shape index (κ2) is 7.56. The Bertz CT molecular complexity index is 1160. The van der Waals surface area contributed by atoms with Gasteiger partial charge < -0.3 is 4.57 Å². The third-order valence-electron chi connectivity index (χ3n) is 4.66. The highest BCUT2D eigenvalue weighted by Gasteiger charge is 2.17. The average Bonchev–Trinajstić information content (AvgIpc) is 3.19. The smallest absolute Gasteiger partial charge is 0.192 e. The third kappa shape index (κ3) is 3.43. The molecule has 0 saturated heterocycles. The number of fused-ring (bicyclic) bond motifs is 1. The first-order chi connectivity index (χ1) is 13.6. The van der Waals surface area contributed by atoms with Crippen molar-refractivity contribution in [2.24, 2.45) is 12.0 Å². The van der Waals surface area contributed by atoms with E-state index in [0.29, 0.717) is 23.8 Å². The van der Waals surface area contributed by atoms with Crippen molar-refractivity contribution in [3.8, 4) is 0 Å². The molecule has 0 aliphatic heterocycles.